The molecule has 1 unspecified atom stereocenters. The minimum Gasteiger partial charge on any atom is -0.496 e. The Balaban J connectivity index is 1.80. The molecule has 0 saturated carbocycles. The normalized spacial score (nSPS) is 16.6. The topological polar surface area (TPSA) is 71.0 Å². The predicted molar refractivity (Wildman–Crippen MR) is 109 cm³/mol. The van der Waals surface area contributed by atoms with Crippen LogP contribution in [0.15, 0.2) is 52.0 Å². The molecule has 152 valence electrons. The number of ether oxygens (including phenoxy) is 1. The lowest BCUT2D eigenvalue weighted by Crippen LogP contribution is -2.36. The number of carbonyl (C=O) groups is 2. The Bertz CT molecular complexity index is 1000. The quantitative estimate of drug-likeness (QED) is 0.658. The fraction of sp³-hybridized carbons (Fsp3) is 0.250. The molecule has 0 bridgehead atoms. The van der Waals surface area contributed by atoms with Gasteiger partial charge >= 0.3 is 0 Å². The third-order valence-corrected chi connectivity index (χ3v) is 5.03. The molecule has 2 amide bonds. The maximum Gasteiger partial charge on any atom is 0.270 e. The molecule has 0 fully saturated rings. The maximum atomic E-state index is 13.5. The average Bonchev–Trinajstić information content (AvgIpc) is 2.95. The number of hydrogen-bond acceptors (Lipinski definition) is 4. The SMILES string of the molecule is COc1ccc(N2N=C(C)C(C(=O)Nc3cccc(C(C)(F)F)c3)C2=O)cc1Br. The van der Waals surface area contributed by atoms with Crippen molar-refractivity contribution in [1.29, 1.82) is 0 Å². The monoisotopic (exact) mass is 465 g/mol. The van der Waals surface area contributed by atoms with E-state index in [-0.39, 0.29) is 11.3 Å². The van der Waals surface area contributed by atoms with E-state index in [1.54, 1.807) is 25.1 Å². The minimum atomic E-state index is -3.04. The summed E-state index contributed by atoms with van der Waals surface area (Å²) in [6.07, 6.45) is 0. The molecule has 9 heteroatoms. The lowest BCUT2D eigenvalue weighted by Gasteiger charge is -2.16. The molecule has 0 aromatic heterocycles. The smallest absolute Gasteiger partial charge is 0.270 e. The number of nitrogens with one attached hydrogen (secondary N) is 1. The Morgan fingerprint density at radius 1 is 1.28 bits per heavy atom. The number of methoxy groups -OCH3 is 1. The third-order valence-electron chi connectivity index (χ3n) is 4.41. The number of alkyl halides is 2. The van der Waals surface area contributed by atoms with Crippen molar-refractivity contribution < 1.29 is 23.1 Å². The number of hydrogen-bond donors (Lipinski definition) is 1. The van der Waals surface area contributed by atoms with E-state index in [4.69, 9.17) is 4.74 Å². The second-order valence-electron chi connectivity index (χ2n) is 6.60. The van der Waals surface area contributed by atoms with Crippen molar-refractivity contribution >= 4 is 44.8 Å². The third kappa shape index (κ3) is 4.29. The molecule has 1 aliphatic heterocycles. The van der Waals surface area contributed by atoms with Gasteiger partial charge in [0.1, 0.15) is 5.75 Å². The zero-order valence-corrected chi connectivity index (χ0v) is 17.5. The van der Waals surface area contributed by atoms with Crippen LogP contribution in [0.25, 0.3) is 0 Å². The number of carbonyl (C=O) groups excluding carboxylic acids is 2. The van der Waals surface area contributed by atoms with Gasteiger partial charge in [-0.2, -0.15) is 10.1 Å². The largest absolute Gasteiger partial charge is 0.496 e. The molecule has 1 aliphatic rings. The number of anilines is 2. The van der Waals surface area contributed by atoms with E-state index in [1.807, 2.05) is 0 Å². The first-order valence-electron chi connectivity index (χ1n) is 8.63. The molecule has 1 atom stereocenters. The van der Waals surface area contributed by atoms with Crippen molar-refractivity contribution in [2.45, 2.75) is 19.8 Å². The van der Waals surface area contributed by atoms with Gasteiger partial charge in [-0.05, 0) is 53.2 Å². The summed E-state index contributed by atoms with van der Waals surface area (Å²) in [6.45, 7) is 2.34. The zero-order chi connectivity index (χ0) is 21.3. The van der Waals surface area contributed by atoms with Crippen molar-refractivity contribution in [3.05, 3.63) is 52.5 Å². The summed E-state index contributed by atoms with van der Waals surface area (Å²) < 4.78 is 32.8. The van der Waals surface area contributed by atoms with Crippen molar-refractivity contribution in [3.8, 4) is 5.75 Å². The molecule has 3 rings (SSSR count). The first-order valence-corrected chi connectivity index (χ1v) is 9.43. The molecule has 0 spiro atoms. The number of nitrogens with zero attached hydrogens (tertiary/aromatic N) is 2. The average molecular weight is 466 g/mol. The van der Waals surface area contributed by atoms with E-state index < -0.39 is 23.7 Å². The van der Waals surface area contributed by atoms with Gasteiger partial charge in [-0.3, -0.25) is 9.59 Å². The highest BCUT2D eigenvalue weighted by atomic mass is 79.9. The Labute approximate surface area is 174 Å². The summed E-state index contributed by atoms with van der Waals surface area (Å²) in [4.78, 5) is 25.5. The molecular formula is C20H18BrF2N3O3. The van der Waals surface area contributed by atoms with E-state index in [0.29, 0.717) is 21.6 Å². The standard InChI is InChI=1S/C20H18BrF2N3O3/c1-11-17(18(27)24-13-6-4-5-12(9-13)20(2,22)23)19(28)26(25-11)14-7-8-16(29-3)15(21)10-14/h4-10,17H,1-3H3,(H,24,27). The van der Waals surface area contributed by atoms with Crippen LogP contribution in [-0.4, -0.2) is 24.6 Å². The van der Waals surface area contributed by atoms with Gasteiger partial charge in [-0.1, -0.05) is 12.1 Å². The van der Waals surface area contributed by atoms with Crippen LogP contribution in [0.1, 0.15) is 19.4 Å². The molecule has 1 heterocycles. The van der Waals surface area contributed by atoms with Crippen molar-refractivity contribution in [3.63, 3.8) is 0 Å². The van der Waals surface area contributed by atoms with Crippen LogP contribution in [0, 0.1) is 5.92 Å². The number of benzene rings is 2. The lowest BCUT2D eigenvalue weighted by atomic mass is 10.0. The van der Waals surface area contributed by atoms with Gasteiger partial charge in [0, 0.05) is 18.2 Å². The first kappa shape index (κ1) is 20.9. The Hall–Kier alpha value is -2.81. The number of rotatable bonds is 5. The van der Waals surface area contributed by atoms with Gasteiger partial charge < -0.3 is 10.1 Å². The number of hydrazone groups is 1. The Morgan fingerprint density at radius 3 is 2.62 bits per heavy atom. The van der Waals surface area contributed by atoms with Gasteiger partial charge in [0.15, 0.2) is 5.92 Å². The highest BCUT2D eigenvalue weighted by molar-refractivity contribution is 9.10. The summed E-state index contributed by atoms with van der Waals surface area (Å²) >= 11 is 3.35. The van der Waals surface area contributed by atoms with Crippen molar-refractivity contribution in [2.75, 3.05) is 17.4 Å². The summed E-state index contributed by atoms with van der Waals surface area (Å²) in [5.41, 5.74) is 0.713. The van der Waals surface area contributed by atoms with Gasteiger partial charge in [-0.15, -0.1) is 0 Å². The second-order valence-corrected chi connectivity index (χ2v) is 7.46. The van der Waals surface area contributed by atoms with Crippen molar-refractivity contribution in [1.82, 2.24) is 0 Å². The van der Waals surface area contributed by atoms with E-state index in [1.165, 1.54) is 31.4 Å². The van der Waals surface area contributed by atoms with Crippen LogP contribution in [0.4, 0.5) is 20.2 Å². The van der Waals surface area contributed by atoms with E-state index in [0.717, 1.165) is 11.9 Å². The van der Waals surface area contributed by atoms with Crippen LogP contribution >= 0.6 is 15.9 Å². The molecular weight excluding hydrogens is 448 g/mol. The van der Waals surface area contributed by atoms with Crippen LogP contribution in [0.3, 0.4) is 0 Å². The van der Waals surface area contributed by atoms with Gasteiger partial charge in [-0.25, -0.2) is 8.78 Å². The highest BCUT2D eigenvalue weighted by Crippen LogP contribution is 2.33. The minimum absolute atomic E-state index is 0.181. The van der Waals surface area contributed by atoms with Gasteiger partial charge in [0.2, 0.25) is 5.91 Å². The molecule has 1 N–H and O–H groups in total. The van der Waals surface area contributed by atoms with E-state index >= 15 is 0 Å². The molecule has 0 aliphatic carbocycles. The maximum absolute atomic E-state index is 13.5. The number of halogens is 3. The summed E-state index contributed by atoms with van der Waals surface area (Å²) in [6, 6.07) is 10.3. The summed E-state index contributed by atoms with van der Waals surface area (Å²) in [7, 11) is 1.52. The van der Waals surface area contributed by atoms with Crippen LogP contribution in [0.2, 0.25) is 0 Å². The van der Waals surface area contributed by atoms with Crippen LogP contribution < -0.4 is 15.1 Å². The Morgan fingerprint density at radius 2 is 2.00 bits per heavy atom. The molecule has 2 aromatic carbocycles. The lowest BCUT2D eigenvalue weighted by molar-refractivity contribution is -0.127. The fourth-order valence-electron chi connectivity index (χ4n) is 2.92. The molecule has 6 nitrogen and oxygen atoms in total. The molecule has 0 radical (unpaired) electrons. The van der Waals surface area contributed by atoms with Crippen LogP contribution in [-0.2, 0) is 15.5 Å². The van der Waals surface area contributed by atoms with Gasteiger partial charge in [0.25, 0.3) is 11.8 Å². The Kier molecular flexibility index (Phi) is 5.70. The highest BCUT2D eigenvalue weighted by Gasteiger charge is 2.40. The van der Waals surface area contributed by atoms with Gasteiger partial charge in [0.05, 0.1) is 23.0 Å². The summed E-state index contributed by atoms with van der Waals surface area (Å²) in [5.74, 6) is -4.78. The first-order chi connectivity index (χ1) is 13.6. The molecule has 2 aromatic rings. The van der Waals surface area contributed by atoms with Crippen LogP contribution in [0.5, 0.6) is 5.75 Å². The zero-order valence-electron chi connectivity index (χ0n) is 15.9. The van der Waals surface area contributed by atoms with Crippen molar-refractivity contribution in [2.24, 2.45) is 11.0 Å². The predicted octanol–water partition coefficient (Wildman–Crippen LogP) is 4.55. The van der Waals surface area contributed by atoms with E-state index in [9.17, 15) is 18.4 Å². The fourth-order valence-corrected chi connectivity index (χ4v) is 3.45. The summed E-state index contributed by atoms with van der Waals surface area (Å²) in [5, 5.41) is 7.86. The second kappa shape index (κ2) is 7.90. The molecule has 29 heavy (non-hydrogen) atoms. The molecule has 0 saturated heterocycles. The van der Waals surface area contributed by atoms with E-state index in [2.05, 4.69) is 26.3 Å². The number of amides is 2.